The summed E-state index contributed by atoms with van der Waals surface area (Å²) in [5.74, 6) is -1.26. The molecule has 1 atom stereocenters. The minimum Gasteiger partial charge on any atom is -0.453 e. The maximum atomic E-state index is 12.1. The number of thiophene rings is 1. The monoisotopic (exact) mass is 413 g/mol. The van der Waals surface area contributed by atoms with Crippen LogP contribution in [0, 0.1) is 6.92 Å². The van der Waals surface area contributed by atoms with Crippen molar-refractivity contribution in [1.82, 2.24) is 0 Å². The van der Waals surface area contributed by atoms with E-state index in [0.29, 0.717) is 15.6 Å². The number of amides is 1. The van der Waals surface area contributed by atoms with Gasteiger partial charge in [-0.1, -0.05) is 23.2 Å². The SMILES string of the molecule is Cc1ccc(C(=O)CCC(=O)O[C@@H](C)C(=O)Nc2ccc(Cl)cc2Cl)s1. The van der Waals surface area contributed by atoms with Crippen molar-refractivity contribution in [2.45, 2.75) is 32.8 Å². The maximum Gasteiger partial charge on any atom is 0.307 e. The highest BCUT2D eigenvalue weighted by Gasteiger charge is 2.20. The average molecular weight is 414 g/mol. The fourth-order valence-corrected chi connectivity index (χ4v) is 3.35. The molecule has 0 saturated carbocycles. The Bertz CT molecular complexity index is 834. The lowest BCUT2D eigenvalue weighted by Crippen LogP contribution is -2.30. The van der Waals surface area contributed by atoms with Gasteiger partial charge < -0.3 is 10.1 Å². The normalized spacial score (nSPS) is 11.7. The zero-order chi connectivity index (χ0) is 19.3. The quantitative estimate of drug-likeness (QED) is 0.517. The van der Waals surface area contributed by atoms with Crippen LogP contribution in [0.2, 0.25) is 10.0 Å². The zero-order valence-electron chi connectivity index (χ0n) is 14.2. The van der Waals surface area contributed by atoms with Gasteiger partial charge in [0.2, 0.25) is 0 Å². The molecule has 0 radical (unpaired) electrons. The number of carbonyl (C=O) groups excluding carboxylic acids is 3. The van der Waals surface area contributed by atoms with E-state index in [0.717, 1.165) is 4.88 Å². The van der Waals surface area contributed by atoms with E-state index in [9.17, 15) is 14.4 Å². The minimum atomic E-state index is -1.02. The Hall–Kier alpha value is -1.89. The predicted octanol–water partition coefficient (Wildman–Crippen LogP) is 4.90. The van der Waals surface area contributed by atoms with Crippen molar-refractivity contribution in [3.63, 3.8) is 0 Å². The summed E-state index contributed by atoms with van der Waals surface area (Å²) >= 11 is 13.2. The lowest BCUT2D eigenvalue weighted by atomic mass is 10.2. The van der Waals surface area contributed by atoms with Crippen LogP contribution in [-0.4, -0.2) is 23.8 Å². The maximum absolute atomic E-state index is 12.1. The van der Waals surface area contributed by atoms with Crippen LogP contribution in [0.4, 0.5) is 5.69 Å². The first-order valence-electron chi connectivity index (χ1n) is 7.81. The summed E-state index contributed by atoms with van der Waals surface area (Å²) in [5, 5.41) is 3.29. The van der Waals surface area contributed by atoms with E-state index in [1.54, 1.807) is 18.2 Å². The third-order valence-electron chi connectivity index (χ3n) is 3.44. The van der Waals surface area contributed by atoms with Crippen LogP contribution in [0.25, 0.3) is 0 Å². The molecule has 0 spiro atoms. The molecule has 0 bridgehead atoms. The van der Waals surface area contributed by atoms with Crippen LogP contribution in [0.5, 0.6) is 0 Å². The van der Waals surface area contributed by atoms with E-state index in [1.807, 2.05) is 13.0 Å². The molecule has 0 fully saturated rings. The van der Waals surface area contributed by atoms with E-state index in [-0.39, 0.29) is 23.6 Å². The molecule has 0 aliphatic heterocycles. The molecule has 2 aromatic rings. The number of aryl methyl sites for hydroxylation is 1. The van der Waals surface area contributed by atoms with E-state index in [2.05, 4.69) is 5.32 Å². The van der Waals surface area contributed by atoms with Crippen LogP contribution in [0.1, 0.15) is 34.3 Å². The van der Waals surface area contributed by atoms with Crippen molar-refractivity contribution in [1.29, 1.82) is 0 Å². The van der Waals surface area contributed by atoms with Gasteiger partial charge in [-0.05, 0) is 44.2 Å². The van der Waals surface area contributed by atoms with Gasteiger partial charge in [-0.3, -0.25) is 14.4 Å². The van der Waals surface area contributed by atoms with Crippen LogP contribution >= 0.6 is 34.5 Å². The van der Waals surface area contributed by atoms with Gasteiger partial charge in [0.25, 0.3) is 5.91 Å². The fraction of sp³-hybridized carbons (Fsp3) is 0.278. The molecule has 1 aromatic carbocycles. The molecule has 1 amide bonds. The van der Waals surface area contributed by atoms with Gasteiger partial charge in [0.1, 0.15) is 0 Å². The molecule has 1 N–H and O–H groups in total. The van der Waals surface area contributed by atoms with Gasteiger partial charge in [0.05, 0.1) is 22.0 Å². The number of hydrogen-bond donors (Lipinski definition) is 1. The summed E-state index contributed by atoms with van der Waals surface area (Å²) in [5.41, 5.74) is 0.368. The molecule has 0 saturated heterocycles. The highest BCUT2D eigenvalue weighted by Crippen LogP contribution is 2.25. The van der Waals surface area contributed by atoms with Crippen LogP contribution in [0.15, 0.2) is 30.3 Å². The summed E-state index contributed by atoms with van der Waals surface area (Å²) in [6.45, 7) is 3.35. The molecule has 5 nitrogen and oxygen atoms in total. The van der Waals surface area contributed by atoms with Gasteiger partial charge in [0.15, 0.2) is 11.9 Å². The fourth-order valence-electron chi connectivity index (χ4n) is 2.06. The van der Waals surface area contributed by atoms with E-state index >= 15 is 0 Å². The Labute approximate surface area is 165 Å². The lowest BCUT2D eigenvalue weighted by molar-refractivity contribution is -0.153. The molecule has 1 aromatic heterocycles. The molecular weight excluding hydrogens is 397 g/mol. The number of rotatable bonds is 7. The van der Waals surface area contributed by atoms with Crippen LogP contribution in [-0.2, 0) is 14.3 Å². The topological polar surface area (TPSA) is 72.5 Å². The second kappa shape index (κ2) is 9.16. The third-order valence-corrected chi connectivity index (χ3v) is 5.03. The van der Waals surface area contributed by atoms with Crippen molar-refractivity contribution in [3.8, 4) is 0 Å². The first kappa shape index (κ1) is 20.4. The molecule has 0 unspecified atom stereocenters. The first-order chi connectivity index (χ1) is 12.3. The van der Waals surface area contributed by atoms with Gasteiger partial charge >= 0.3 is 5.97 Å². The Morgan fingerprint density at radius 3 is 2.50 bits per heavy atom. The number of benzene rings is 1. The highest BCUT2D eigenvalue weighted by molar-refractivity contribution is 7.14. The van der Waals surface area contributed by atoms with E-state index in [1.165, 1.54) is 24.3 Å². The van der Waals surface area contributed by atoms with Crippen LogP contribution in [0.3, 0.4) is 0 Å². The summed E-state index contributed by atoms with van der Waals surface area (Å²) in [6.07, 6.45) is -1.07. The Morgan fingerprint density at radius 2 is 1.88 bits per heavy atom. The van der Waals surface area contributed by atoms with Crippen molar-refractivity contribution in [3.05, 3.63) is 50.1 Å². The van der Waals surface area contributed by atoms with Crippen molar-refractivity contribution < 1.29 is 19.1 Å². The van der Waals surface area contributed by atoms with Gasteiger partial charge in [-0.25, -0.2) is 0 Å². The summed E-state index contributed by atoms with van der Waals surface area (Å²) in [4.78, 5) is 37.6. The first-order valence-corrected chi connectivity index (χ1v) is 9.38. The number of hydrogen-bond acceptors (Lipinski definition) is 5. The van der Waals surface area contributed by atoms with E-state index in [4.69, 9.17) is 27.9 Å². The predicted molar refractivity (Wildman–Crippen MR) is 103 cm³/mol. The molecule has 1 heterocycles. The van der Waals surface area contributed by atoms with Crippen molar-refractivity contribution in [2.24, 2.45) is 0 Å². The molecule has 0 aliphatic rings. The summed E-state index contributed by atoms with van der Waals surface area (Å²) in [6, 6.07) is 8.22. The third kappa shape index (κ3) is 5.83. The molecule has 26 heavy (non-hydrogen) atoms. The minimum absolute atomic E-state index is 0.0378. The summed E-state index contributed by atoms with van der Waals surface area (Å²) < 4.78 is 5.07. The Kier molecular flexibility index (Phi) is 7.20. The van der Waals surface area contributed by atoms with Gasteiger partial charge in [0, 0.05) is 16.3 Å². The molecule has 8 heteroatoms. The summed E-state index contributed by atoms with van der Waals surface area (Å²) in [7, 11) is 0. The number of nitrogens with one attached hydrogen (secondary N) is 1. The van der Waals surface area contributed by atoms with Crippen LogP contribution < -0.4 is 5.32 Å². The number of esters is 1. The van der Waals surface area contributed by atoms with Gasteiger partial charge in [-0.2, -0.15) is 0 Å². The molecule has 138 valence electrons. The Morgan fingerprint density at radius 1 is 1.15 bits per heavy atom. The number of Topliss-reactive ketones (excluding diaryl/α,β-unsaturated/α-hetero) is 1. The largest absolute Gasteiger partial charge is 0.453 e. The van der Waals surface area contributed by atoms with Gasteiger partial charge in [-0.15, -0.1) is 11.3 Å². The van der Waals surface area contributed by atoms with Crippen molar-refractivity contribution >= 4 is 57.9 Å². The highest BCUT2D eigenvalue weighted by atomic mass is 35.5. The van der Waals surface area contributed by atoms with Crippen molar-refractivity contribution in [2.75, 3.05) is 5.32 Å². The smallest absolute Gasteiger partial charge is 0.307 e. The second-order valence-corrected chi connectivity index (χ2v) is 7.71. The lowest BCUT2D eigenvalue weighted by Gasteiger charge is -2.14. The number of carbonyl (C=O) groups is 3. The number of anilines is 1. The molecule has 2 rings (SSSR count). The number of ketones is 1. The van der Waals surface area contributed by atoms with E-state index < -0.39 is 18.0 Å². The number of ether oxygens (including phenoxy) is 1. The Balaban J connectivity index is 1.82. The zero-order valence-corrected chi connectivity index (χ0v) is 16.5. The molecule has 0 aliphatic carbocycles. The second-order valence-electron chi connectivity index (χ2n) is 5.58. The number of halogens is 2. The standard InChI is InChI=1S/C18H17Cl2NO4S/c1-10-3-7-16(26-10)15(22)6-8-17(23)25-11(2)18(24)21-14-5-4-12(19)9-13(14)20/h3-5,7,9,11H,6,8H2,1-2H3,(H,21,24)/t11-/m0/s1. The average Bonchev–Trinajstić information content (AvgIpc) is 3.01. The molecular formula is C18H17Cl2NO4S.